The summed E-state index contributed by atoms with van der Waals surface area (Å²) in [5.41, 5.74) is 5.51. The van der Waals surface area contributed by atoms with E-state index < -0.39 is 17.9 Å². The summed E-state index contributed by atoms with van der Waals surface area (Å²) in [6.07, 6.45) is 12.1. The Kier molecular flexibility index (Phi) is 11.1. The Morgan fingerprint density at radius 3 is 2.61 bits per heavy atom. The molecule has 2 fully saturated rings. The fourth-order valence-corrected chi connectivity index (χ4v) is 7.27. The topological polar surface area (TPSA) is 167 Å². The maximum absolute atomic E-state index is 13.3. The van der Waals surface area contributed by atoms with E-state index in [9.17, 15) is 19.2 Å². The van der Waals surface area contributed by atoms with Gasteiger partial charge < -0.3 is 15.6 Å². The number of nitrogens with one attached hydrogen (secondary N) is 4. The summed E-state index contributed by atoms with van der Waals surface area (Å²) in [4.78, 5) is 63.6. The van der Waals surface area contributed by atoms with Crippen molar-refractivity contribution >= 4 is 51.3 Å². The smallest absolute Gasteiger partial charge is 0.270 e. The van der Waals surface area contributed by atoms with Gasteiger partial charge in [0.2, 0.25) is 11.8 Å². The third kappa shape index (κ3) is 8.50. The van der Waals surface area contributed by atoms with Crippen LogP contribution in [-0.2, 0) is 16.1 Å². The number of anilines is 1. The Labute approximate surface area is 313 Å². The van der Waals surface area contributed by atoms with Crippen LogP contribution in [-0.4, -0.2) is 72.9 Å². The lowest BCUT2D eigenvalue weighted by molar-refractivity contribution is -0.134. The molecule has 0 bridgehead atoms. The number of amides is 4. The lowest BCUT2D eigenvalue weighted by Crippen LogP contribution is -2.52. The molecule has 2 atom stereocenters. The molecule has 5 aromatic rings. The summed E-state index contributed by atoms with van der Waals surface area (Å²) in [7, 11) is 2.16. The molecule has 13 nitrogen and oxygen atoms in total. The number of carbonyl (C=O) groups is 4. The van der Waals surface area contributed by atoms with Crippen molar-refractivity contribution in [1.82, 2.24) is 40.3 Å². The largest absolute Gasteiger partial charge is 0.357 e. The number of piperidine rings is 1. The summed E-state index contributed by atoms with van der Waals surface area (Å²) >= 11 is 0. The van der Waals surface area contributed by atoms with Gasteiger partial charge in [0.25, 0.3) is 11.8 Å². The van der Waals surface area contributed by atoms with Gasteiger partial charge in [0.05, 0.1) is 16.7 Å². The van der Waals surface area contributed by atoms with Crippen molar-refractivity contribution in [3.05, 3.63) is 83.1 Å². The van der Waals surface area contributed by atoms with Crippen molar-refractivity contribution in [2.75, 3.05) is 18.9 Å². The number of hydrogen-bond acceptors (Lipinski definition) is 8. The Morgan fingerprint density at radius 1 is 0.963 bits per heavy atom. The van der Waals surface area contributed by atoms with Crippen molar-refractivity contribution < 1.29 is 19.2 Å². The molecule has 2 aliphatic heterocycles. The van der Waals surface area contributed by atoms with Gasteiger partial charge in [0, 0.05) is 71.5 Å². The number of imide groups is 1. The summed E-state index contributed by atoms with van der Waals surface area (Å²) in [6, 6.07) is 12.8. The van der Waals surface area contributed by atoms with E-state index in [2.05, 4.69) is 60.8 Å². The minimum Gasteiger partial charge on any atom is -0.357 e. The van der Waals surface area contributed by atoms with E-state index in [1.165, 1.54) is 12.1 Å². The lowest BCUT2D eigenvalue weighted by Gasteiger charge is -2.21. The number of H-pyrrole nitrogens is 1. The molecule has 4 amide bonds. The van der Waals surface area contributed by atoms with Crippen LogP contribution in [0.15, 0.2) is 54.9 Å². The van der Waals surface area contributed by atoms with Gasteiger partial charge >= 0.3 is 0 Å². The first-order valence-corrected chi connectivity index (χ1v) is 18.8. The van der Waals surface area contributed by atoms with Gasteiger partial charge in [-0.2, -0.15) is 5.10 Å². The number of pyridine rings is 2. The number of unbranched alkanes of at least 4 members (excludes halogenated alkanes) is 5. The van der Waals surface area contributed by atoms with Crippen molar-refractivity contribution in [2.45, 2.75) is 89.8 Å². The fourth-order valence-electron chi connectivity index (χ4n) is 7.27. The average Bonchev–Trinajstić information content (AvgIpc) is 3.88. The third-order valence-electron chi connectivity index (χ3n) is 10.3. The Bertz CT molecular complexity index is 2260. The van der Waals surface area contributed by atoms with Gasteiger partial charge in [-0.1, -0.05) is 37.2 Å². The first kappa shape index (κ1) is 36.5. The van der Waals surface area contributed by atoms with Crippen LogP contribution in [0.1, 0.15) is 108 Å². The van der Waals surface area contributed by atoms with Gasteiger partial charge in [-0.15, -0.1) is 0 Å². The van der Waals surface area contributed by atoms with Crippen LogP contribution in [0.3, 0.4) is 0 Å². The van der Waals surface area contributed by atoms with Crippen molar-refractivity contribution in [1.29, 1.82) is 0 Å². The molecule has 2 aliphatic rings. The molecule has 0 radical (unpaired) electrons. The number of fused-ring (bicyclic) bond motifs is 2. The van der Waals surface area contributed by atoms with Gasteiger partial charge in [-0.3, -0.25) is 34.1 Å². The average molecular weight is 728 g/mol. The number of carbonyl (C=O) groups excluding carboxylic acids is 4. The second-order valence-corrected chi connectivity index (χ2v) is 14.2. The summed E-state index contributed by atoms with van der Waals surface area (Å²) in [6.45, 7) is 3.87. The molecule has 6 heterocycles. The summed E-state index contributed by atoms with van der Waals surface area (Å²) < 4.78 is 2.01. The number of aromatic nitrogens is 5. The van der Waals surface area contributed by atoms with E-state index in [1.807, 2.05) is 42.1 Å². The second kappa shape index (κ2) is 16.4. The molecule has 13 heteroatoms. The zero-order valence-corrected chi connectivity index (χ0v) is 30.7. The predicted octanol–water partition coefficient (Wildman–Crippen LogP) is 5.56. The number of likely N-dealkylation sites (tertiary alicyclic amines) is 1. The van der Waals surface area contributed by atoms with Crippen LogP contribution in [0.5, 0.6) is 0 Å². The first-order valence-electron chi connectivity index (χ1n) is 18.8. The van der Waals surface area contributed by atoms with Crippen molar-refractivity contribution in [3.63, 3.8) is 0 Å². The number of hydrogen-bond donors (Lipinski definition) is 4. The highest BCUT2D eigenvalue weighted by Crippen LogP contribution is 2.32. The quantitative estimate of drug-likeness (QED) is 0.0736. The SMILES string of the molecule is Cc1nn(CCCCCCCC#Cc2ccc(C(=O)N[C@H]3CCC(=O)NC3=O)nc2)c2cc(C(=O)Nc3cc4[nH]c([C@H]5CCCN5C)cc4cn3)ccc12. The number of nitrogens with zero attached hydrogens (tertiary/aromatic N) is 5. The molecule has 4 aromatic heterocycles. The number of benzene rings is 1. The highest BCUT2D eigenvalue weighted by Gasteiger charge is 2.28. The molecule has 1 aromatic carbocycles. The Hall–Kier alpha value is -5.87. The molecular formula is C41H45N9O4. The van der Waals surface area contributed by atoms with Gasteiger partial charge in [-0.25, -0.2) is 9.97 Å². The normalized spacial score (nSPS) is 17.4. The van der Waals surface area contributed by atoms with Crippen molar-refractivity contribution in [3.8, 4) is 11.8 Å². The molecule has 2 saturated heterocycles. The minimum absolute atomic E-state index is 0.189. The summed E-state index contributed by atoms with van der Waals surface area (Å²) in [5, 5.41) is 14.7. The maximum atomic E-state index is 13.3. The van der Waals surface area contributed by atoms with E-state index in [0.717, 1.165) is 85.5 Å². The molecular weight excluding hydrogens is 683 g/mol. The van der Waals surface area contributed by atoms with Crippen LogP contribution >= 0.6 is 0 Å². The fraction of sp³-hybridized carbons (Fsp3) is 0.390. The molecule has 0 saturated carbocycles. The molecule has 0 spiro atoms. The molecule has 54 heavy (non-hydrogen) atoms. The van der Waals surface area contributed by atoms with Crippen LogP contribution in [0.4, 0.5) is 5.82 Å². The van der Waals surface area contributed by atoms with E-state index >= 15 is 0 Å². The maximum Gasteiger partial charge on any atom is 0.270 e. The molecule has 7 rings (SSSR count). The summed E-state index contributed by atoms with van der Waals surface area (Å²) in [5.74, 6) is 5.30. The molecule has 4 N–H and O–H groups in total. The van der Waals surface area contributed by atoms with Gasteiger partial charge in [0.1, 0.15) is 17.6 Å². The standard InChI is InChI=1S/C41H45N9O4/c1-26-30-15-14-28(39(52)46-37-23-33-29(25-43-37)21-34(44-33)35-12-10-19-49(35)2)22-36(30)50(48-26)20-9-7-5-3-4-6-8-11-27-13-16-31(42-24-27)40(53)45-32-17-18-38(51)47-41(32)54/h13-16,21-25,32,35,44H,3-7,9-10,12,17-20H2,1-2H3,(H,45,53)(H,43,46,52)(H,47,51,54)/t32-,35+/m0/s1. The van der Waals surface area contributed by atoms with Gasteiger partial charge in [-0.05, 0) is 83.0 Å². The molecule has 278 valence electrons. The predicted molar refractivity (Wildman–Crippen MR) is 206 cm³/mol. The minimum atomic E-state index is -0.743. The zero-order valence-electron chi connectivity index (χ0n) is 30.7. The Balaban J connectivity index is 0.844. The number of aryl methyl sites for hydroxylation is 2. The lowest BCUT2D eigenvalue weighted by atomic mass is 10.1. The van der Waals surface area contributed by atoms with Crippen LogP contribution in [0.2, 0.25) is 0 Å². The van der Waals surface area contributed by atoms with E-state index in [4.69, 9.17) is 5.10 Å². The zero-order chi connectivity index (χ0) is 37.6. The van der Waals surface area contributed by atoms with E-state index in [1.54, 1.807) is 18.3 Å². The van der Waals surface area contributed by atoms with Crippen molar-refractivity contribution in [2.24, 2.45) is 0 Å². The second-order valence-electron chi connectivity index (χ2n) is 14.2. The highest BCUT2D eigenvalue weighted by molar-refractivity contribution is 6.06. The van der Waals surface area contributed by atoms with Crippen LogP contribution < -0.4 is 16.0 Å². The number of aromatic amines is 1. The molecule has 0 aliphatic carbocycles. The highest BCUT2D eigenvalue weighted by atomic mass is 16.2. The third-order valence-corrected chi connectivity index (χ3v) is 10.3. The Morgan fingerprint density at radius 2 is 1.81 bits per heavy atom. The van der Waals surface area contributed by atoms with Crippen LogP contribution in [0.25, 0.3) is 21.8 Å². The first-order chi connectivity index (χ1) is 26.2. The van der Waals surface area contributed by atoms with Crippen LogP contribution in [0, 0.1) is 18.8 Å². The monoisotopic (exact) mass is 727 g/mol. The van der Waals surface area contributed by atoms with E-state index in [0.29, 0.717) is 23.0 Å². The number of rotatable bonds is 12. The van der Waals surface area contributed by atoms with Gasteiger partial charge in [0.15, 0.2) is 0 Å². The molecule has 0 unspecified atom stereocenters. The van der Waals surface area contributed by atoms with E-state index in [-0.39, 0.29) is 30.3 Å².